The molecule has 0 aliphatic rings. The van der Waals surface area contributed by atoms with Gasteiger partial charge in [-0.05, 0) is 37.1 Å². The fraction of sp³-hybridized carbons (Fsp3) is 0.364. The van der Waals surface area contributed by atoms with Crippen LogP contribution in [0, 0.1) is 10.1 Å². The topological polar surface area (TPSA) is 130 Å². The van der Waals surface area contributed by atoms with Gasteiger partial charge in [-0.3, -0.25) is 24.0 Å². The maximum absolute atomic E-state index is 13.4. The van der Waals surface area contributed by atoms with Gasteiger partial charge in [0.05, 0.1) is 16.9 Å². The molecule has 2 amide bonds. The number of non-ortho nitro benzene ring substituents is 1. The second kappa shape index (κ2) is 11.8. The minimum absolute atomic E-state index is 0.0282. The molecule has 0 fully saturated rings. The minimum Gasteiger partial charge on any atom is -0.354 e. The van der Waals surface area contributed by atoms with Crippen LogP contribution in [0.4, 0.5) is 11.4 Å². The van der Waals surface area contributed by atoms with Gasteiger partial charge in [-0.25, -0.2) is 8.42 Å². The Morgan fingerprint density at radius 1 is 1.18 bits per heavy atom. The normalized spacial score (nSPS) is 12.0. The second-order valence-electron chi connectivity index (χ2n) is 7.66. The van der Waals surface area contributed by atoms with Gasteiger partial charge in [-0.2, -0.15) is 0 Å². The highest BCUT2D eigenvalue weighted by molar-refractivity contribution is 7.92. The van der Waals surface area contributed by atoms with Crippen LogP contribution in [-0.2, 0) is 26.2 Å². The molecule has 1 atom stereocenters. The molecule has 0 bridgehead atoms. The summed E-state index contributed by atoms with van der Waals surface area (Å²) in [7, 11) is -3.98. The average Bonchev–Trinajstić information content (AvgIpc) is 2.79. The van der Waals surface area contributed by atoms with E-state index in [-0.39, 0.29) is 23.8 Å². The van der Waals surface area contributed by atoms with Gasteiger partial charge in [0.2, 0.25) is 21.8 Å². The van der Waals surface area contributed by atoms with E-state index in [0.717, 1.165) is 16.6 Å². The highest BCUT2D eigenvalue weighted by Crippen LogP contribution is 2.24. The first-order chi connectivity index (χ1) is 15.9. The SMILES string of the molecule is CCCNC(=O)[C@H](C)N(Cc1ccc(Cl)cc1)C(=O)CN(c1cccc([N+](=O)[O-])c1)S(C)(=O)=O. The van der Waals surface area contributed by atoms with Crippen molar-refractivity contribution in [1.29, 1.82) is 0 Å². The van der Waals surface area contributed by atoms with E-state index in [1.165, 1.54) is 23.1 Å². The number of nitrogens with zero attached hydrogens (tertiary/aromatic N) is 3. The van der Waals surface area contributed by atoms with Gasteiger partial charge in [0.15, 0.2) is 0 Å². The van der Waals surface area contributed by atoms with E-state index in [4.69, 9.17) is 11.6 Å². The Kier molecular flexibility index (Phi) is 9.39. The van der Waals surface area contributed by atoms with Crippen LogP contribution in [0.2, 0.25) is 5.02 Å². The molecular formula is C22H27ClN4O6S. The first kappa shape index (κ1) is 27.1. The zero-order valence-corrected chi connectivity index (χ0v) is 20.7. The molecule has 0 aliphatic heterocycles. The number of benzene rings is 2. The number of sulfonamides is 1. The Morgan fingerprint density at radius 2 is 1.82 bits per heavy atom. The summed E-state index contributed by atoms with van der Waals surface area (Å²) in [5.41, 5.74) is 0.345. The Bertz CT molecular complexity index is 1140. The van der Waals surface area contributed by atoms with E-state index < -0.39 is 33.4 Å². The summed E-state index contributed by atoms with van der Waals surface area (Å²) in [5.74, 6) is -1.03. The van der Waals surface area contributed by atoms with Gasteiger partial charge in [0, 0.05) is 30.2 Å². The van der Waals surface area contributed by atoms with Crippen LogP contribution in [-0.4, -0.2) is 55.4 Å². The summed E-state index contributed by atoms with van der Waals surface area (Å²) < 4.78 is 25.8. The number of amides is 2. The van der Waals surface area contributed by atoms with Gasteiger partial charge >= 0.3 is 0 Å². The van der Waals surface area contributed by atoms with Gasteiger partial charge in [0.1, 0.15) is 12.6 Å². The number of carbonyl (C=O) groups is 2. The van der Waals surface area contributed by atoms with E-state index in [1.807, 2.05) is 6.92 Å². The lowest BCUT2D eigenvalue weighted by atomic mass is 10.1. The van der Waals surface area contributed by atoms with E-state index in [1.54, 1.807) is 31.2 Å². The van der Waals surface area contributed by atoms with Crippen LogP contribution in [0.1, 0.15) is 25.8 Å². The lowest BCUT2D eigenvalue weighted by molar-refractivity contribution is -0.384. The summed E-state index contributed by atoms with van der Waals surface area (Å²) in [6, 6.07) is 10.8. The number of hydrogen-bond donors (Lipinski definition) is 1. The lowest BCUT2D eigenvalue weighted by Crippen LogP contribution is -2.51. The Hall–Kier alpha value is -3.18. The summed E-state index contributed by atoms with van der Waals surface area (Å²) >= 11 is 5.94. The molecule has 0 saturated carbocycles. The zero-order valence-electron chi connectivity index (χ0n) is 19.1. The molecule has 34 heavy (non-hydrogen) atoms. The Morgan fingerprint density at radius 3 is 2.38 bits per heavy atom. The van der Waals surface area contributed by atoms with E-state index in [0.29, 0.717) is 23.6 Å². The molecule has 2 aromatic carbocycles. The number of carbonyl (C=O) groups excluding carboxylic acids is 2. The molecule has 2 aromatic rings. The second-order valence-corrected chi connectivity index (χ2v) is 10.0. The molecule has 184 valence electrons. The van der Waals surface area contributed by atoms with Crippen molar-refractivity contribution in [1.82, 2.24) is 10.2 Å². The highest BCUT2D eigenvalue weighted by Gasteiger charge is 2.30. The van der Waals surface area contributed by atoms with Gasteiger partial charge < -0.3 is 10.2 Å². The summed E-state index contributed by atoms with van der Waals surface area (Å²) in [4.78, 5) is 37.8. The van der Waals surface area contributed by atoms with Gasteiger partial charge in [0.25, 0.3) is 5.69 Å². The molecular weight excluding hydrogens is 484 g/mol. The van der Waals surface area contributed by atoms with Crippen molar-refractivity contribution >= 4 is 44.8 Å². The Labute approximate surface area is 203 Å². The summed E-state index contributed by atoms with van der Waals surface area (Å²) in [6.45, 7) is 3.26. The van der Waals surface area contributed by atoms with Crippen LogP contribution in [0.15, 0.2) is 48.5 Å². The molecule has 0 unspecified atom stereocenters. The van der Waals surface area contributed by atoms with Crippen LogP contribution in [0.5, 0.6) is 0 Å². The zero-order chi connectivity index (χ0) is 25.5. The summed E-state index contributed by atoms with van der Waals surface area (Å²) in [5, 5.41) is 14.4. The molecule has 0 aromatic heterocycles. The minimum atomic E-state index is -3.98. The van der Waals surface area contributed by atoms with Crippen molar-refractivity contribution in [3.8, 4) is 0 Å². The van der Waals surface area contributed by atoms with Crippen LogP contribution in [0.3, 0.4) is 0 Å². The highest BCUT2D eigenvalue weighted by atomic mass is 35.5. The first-order valence-corrected chi connectivity index (χ1v) is 12.7. The number of rotatable bonds is 11. The largest absolute Gasteiger partial charge is 0.354 e. The third-order valence-corrected chi connectivity index (χ3v) is 6.38. The molecule has 0 spiro atoms. The third kappa shape index (κ3) is 7.42. The van der Waals surface area contributed by atoms with E-state index in [2.05, 4.69) is 5.32 Å². The van der Waals surface area contributed by atoms with E-state index >= 15 is 0 Å². The van der Waals surface area contributed by atoms with Crippen molar-refractivity contribution in [3.05, 3.63) is 69.2 Å². The monoisotopic (exact) mass is 510 g/mol. The maximum atomic E-state index is 13.4. The number of anilines is 1. The molecule has 0 heterocycles. The van der Waals surface area contributed by atoms with Crippen LogP contribution < -0.4 is 9.62 Å². The smallest absolute Gasteiger partial charge is 0.271 e. The standard InChI is InChI=1S/C22H27ClN4O6S/c1-4-12-24-22(29)16(2)25(14-17-8-10-18(23)11-9-17)21(28)15-26(34(3,32)33)19-6-5-7-20(13-19)27(30)31/h5-11,13,16H,4,12,14-15H2,1-3H3,(H,24,29)/t16-/m0/s1. The molecule has 0 aliphatic carbocycles. The molecule has 0 saturated heterocycles. The van der Waals surface area contributed by atoms with Crippen LogP contribution >= 0.6 is 11.6 Å². The number of nitro groups is 1. The van der Waals surface area contributed by atoms with Crippen molar-refractivity contribution in [3.63, 3.8) is 0 Å². The fourth-order valence-electron chi connectivity index (χ4n) is 3.14. The van der Waals surface area contributed by atoms with Crippen LogP contribution in [0.25, 0.3) is 0 Å². The van der Waals surface area contributed by atoms with Gasteiger partial charge in [-0.1, -0.05) is 36.7 Å². The molecule has 0 radical (unpaired) electrons. The van der Waals surface area contributed by atoms with E-state index in [9.17, 15) is 28.1 Å². The Balaban J connectivity index is 2.40. The van der Waals surface area contributed by atoms with Crippen molar-refractivity contribution in [2.75, 3.05) is 23.7 Å². The fourth-order valence-corrected chi connectivity index (χ4v) is 4.11. The van der Waals surface area contributed by atoms with Crippen molar-refractivity contribution in [2.45, 2.75) is 32.9 Å². The lowest BCUT2D eigenvalue weighted by Gasteiger charge is -2.31. The molecule has 10 nitrogen and oxygen atoms in total. The first-order valence-electron chi connectivity index (χ1n) is 10.5. The number of nitro benzene ring substituents is 1. The average molecular weight is 511 g/mol. The predicted octanol–water partition coefficient (Wildman–Crippen LogP) is 2.96. The molecule has 2 rings (SSSR count). The van der Waals surface area contributed by atoms with Crippen molar-refractivity contribution < 1.29 is 22.9 Å². The predicted molar refractivity (Wildman–Crippen MR) is 130 cm³/mol. The maximum Gasteiger partial charge on any atom is 0.271 e. The quantitative estimate of drug-likeness (QED) is 0.365. The van der Waals surface area contributed by atoms with Crippen molar-refractivity contribution in [2.24, 2.45) is 0 Å². The number of hydrogen-bond acceptors (Lipinski definition) is 6. The third-order valence-electron chi connectivity index (χ3n) is 4.99. The molecule has 1 N–H and O–H groups in total. The summed E-state index contributed by atoms with van der Waals surface area (Å²) in [6.07, 6.45) is 1.61. The number of halogens is 1. The van der Waals surface area contributed by atoms with Gasteiger partial charge in [-0.15, -0.1) is 0 Å². The number of nitrogens with one attached hydrogen (secondary N) is 1. The molecule has 12 heteroatoms.